The van der Waals surface area contributed by atoms with Crippen molar-refractivity contribution in [2.75, 3.05) is 0 Å². The summed E-state index contributed by atoms with van der Waals surface area (Å²) in [7, 11) is 0. The molecule has 2 aromatic carbocycles. The summed E-state index contributed by atoms with van der Waals surface area (Å²) in [4.78, 5) is 0. The molecule has 0 saturated carbocycles. The maximum Gasteiger partial charge on any atom is 0.126 e. The molecule has 1 aromatic heterocycles. The van der Waals surface area contributed by atoms with Crippen molar-refractivity contribution in [2.24, 2.45) is 0 Å². The van der Waals surface area contributed by atoms with E-state index >= 15 is 0 Å². The van der Waals surface area contributed by atoms with Crippen LogP contribution in [0, 0.1) is 12.7 Å². The summed E-state index contributed by atoms with van der Waals surface area (Å²) in [6.07, 6.45) is -0.812. The molecule has 1 nitrogen and oxygen atoms in total. The van der Waals surface area contributed by atoms with Gasteiger partial charge in [-0.05, 0) is 56.9 Å². The van der Waals surface area contributed by atoms with Crippen LogP contribution >= 0.6 is 27.3 Å². The second-order valence-corrected chi connectivity index (χ2v) is 6.45. The van der Waals surface area contributed by atoms with Crippen molar-refractivity contribution in [1.29, 1.82) is 0 Å². The predicted molar refractivity (Wildman–Crippen MR) is 84.7 cm³/mol. The summed E-state index contributed by atoms with van der Waals surface area (Å²) in [6, 6.07) is 10.7. The van der Waals surface area contributed by atoms with Gasteiger partial charge in [0.15, 0.2) is 0 Å². The van der Waals surface area contributed by atoms with E-state index in [4.69, 9.17) is 0 Å². The zero-order valence-electron chi connectivity index (χ0n) is 10.7. The van der Waals surface area contributed by atoms with E-state index in [0.717, 1.165) is 20.1 Å². The van der Waals surface area contributed by atoms with Gasteiger partial charge in [-0.15, -0.1) is 11.3 Å². The number of fused-ring (bicyclic) bond motifs is 1. The summed E-state index contributed by atoms with van der Waals surface area (Å²) >= 11 is 5.08. The number of hydrogen-bond donors (Lipinski definition) is 1. The number of benzene rings is 2. The molecule has 0 saturated heterocycles. The van der Waals surface area contributed by atoms with Crippen LogP contribution in [0.25, 0.3) is 10.1 Å². The van der Waals surface area contributed by atoms with Crippen LogP contribution in [0.15, 0.2) is 46.3 Å². The quantitative estimate of drug-likeness (QED) is 0.673. The van der Waals surface area contributed by atoms with Crippen molar-refractivity contribution in [3.8, 4) is 0 Å². The van der Waals surface area contributed by atoms with Crippen LogP contribution in [0.5, 0.6) is 0 Å². The predicted octanol–water partition coefficient (Wildman–Crippen LogP) is 5.19. The Hall–Kier alpha value is -1.23. The first-order valence-electron chi connectivity index (χ1n) is 6.17. The van der Waals surface area contributed by atoms with E-state index in [1.165, 1.54) is 6.07 Å². The Bertz CT molecular complexity index is 781. The normalized spacial score (nSPS) is 12.8. The lowest BCUT2D eigenvalue weighted by Crippen LogP contribution is -2.00. The second kappa shape index (κ2) is 5.28. The highest BCUT2D eigenvalue weighted by Crippen LogP contribution is 2.37. The van der Waals surface area contributed by atoms with Gasteiger partial charge in [-0.2, -0.15) is 0 Å². The van der Waals surface area contributed by atoms with Gasteiger partial charge in [-0.3, -0.25) is 0 Å². The molecular formula is C16H12BrFOS. The third kappa shape index (κ3) is 2.28. The standard InChI is InChI=1S/C16H12BrFOS/c1-9-5-6-10(7-14(9)18)15(19)12-8-20-16-11(12)3-2-4-13(16)17/h2-8,15,19H,1H3. The minimum Gasteiger partial charge on any atom is -0.384 e. The number of hydrogen-bond acceptors (Lipinski definition) is 2. The van der Waals surface area contributed by atoms with Crippen molar-refractivity contribution in [2.45, 2.75) is 13.0 Å². The average Bonchev–Trinajstić information content (AvgIpc) is 2.86. The third-order valence-corrected chi connectivity index (χ3v) is 5.36. The summed E-state index contributed by atoms with van der Waals surface area (Å²) < 4.78 is 15.7. The van der Waals surface area contributed by atoms with Gasteiger partial charge in [-0.25, -0.2) is 4.39 Å². The number of aliphatic hydroxyl groups excluding tert-OH is 1. The summed E-state index contributed by atoms with van der Waals surface area (Å²) in [5, 5.41) is 13.4. The Morgan fingerprint density at radius 1 is 1.25 bits per heavy atom. The van der Waals surface area contributed by atoms with Gasteiger partial charge in [0, 0.05) is 14.7 Å². The van der Waals surface area contributed by atoms with Gasteiger partial charge >= 0.3 is 0 Å². The van der Waals surface area contributed by atoms with Gasteiger partial charge in [-0.1, -0.05) is 24.3 Å². The molecule has 0 aliphatic carbocycles. The SMILES string of the molecule is Cc1ccc(C(O)c2csc3c(Br)cccc23)cc1F. The van der Waals surface area contributed by atoms with Crippen molar-refractivity contribution in [3.05, 3.63) is 68.8 Å². The van der Waals surface area contributed by atoms with Crippen LogP contribution in [0.3, 0.4) is 0 Å². The largest absolute Gasteiger partial charge is 0.384 e. The fraction of sp³-hybridized carbons (Fsp3) is 0.125. The van der Waals surface area contributed by atoms with Crippen LogP contribution < -0.4 is 0 Å². The molecule has 0 amide bonds. The maximum atomic E-state index is 13.6. The van der Waals surface area contributed by atoms with Gasteiger partial charge < -0.3 is 5.11 Å². The van der Waals surface area contributed by atoms with E-state index in [0.29, 0.717) is 11.1 Å². The zero-order chi connectivity index (χ0) is 14.3. The lowest BCUT2D eigenvalue weighted by Gasteiger charge is -2.11. The molecule has 0 radical (unpaired) electrons. The molecule has 3 aromatic rings. The van der Waals surface area contributed by atoms with Gasteiger partial charge in [0.2, 0.25) is 0 Å². The monoisotopic (exact) mass is 350 g/mol. The number of thiophene rings is 1. The van der Waals surface area contributed by atoms with Crippen LogP contribution in [0.2, 0.25) is 0 Å². The second-order valence-electron chi connectivity index (χ2n) is 4.72. The third-order valence-electron chi connectivity index (χ3n) is 3.39. The van der Waals surface area contributed by atoms with E-state index in [-0.39, 0.29) is 5.82 Å². The van der Waals surface area contributed by atoms with E-state index in [2.05, 4.69) is 15.9 Å². The van der Waals surface area contributed by atoms with E-state index in [1.54, 1.807) is 30.4 Å². The highest BCUT2D eigenvalue weighted by molar-refractivity contribution is 9.10. The molecule has 3 rings (SSSR count). The first kappa shape index (κ1) is 13.7. The molecule has 20 heavy (non-hydrogen) atoms. The van der Waals surface area contributed by atoms with E-state index < -0.39 is 6.10 Å². The molecule has 1 heterocycles. The van der Waals surface area contributed by atoms with Crippen LogP contribution in [-0.4, -0.2) is 5.11 Å². The Morgan fingerprint density at radius 2 is 2.05 bits per heavy atom. The minimum atomic E-state index is -0.812. The molecule has 1 atom stereocenters. The first-order chi connectivity index (χ1) is 9.58. The van der Waals surface area contributed by atoms with Crippen LogP contribution in [0.4, 0.5) is 4.39 Å². The lowest BCUT2D eigenvalue weighted by atomic mass is 10.00. The molecular weight excluding hydrogens is 339 g/mol. The molecule has 4 heteroatoms. The van der Waals surface area contributed by atoms with Crippen molar-refractivity contribution in [3.63, 3.8) is 0 Å². The summed E-state index contributed by atoms with van der Waals surface area (Å²) in [5.74, 6) is -0.290. The molecule has 1 N–H and O–H groups in total. The Kier molecular flexibility index (Phi) is 3.63. The number of aryl methyl sites for hydroxylation is 1. The van der Waals surface area contributed by atoms with Crippen molar-refractivity contribution in [1.82, 2.24) is 0 Å². The Labute approximate surface area is 128 Å². The molecule has 0 aliphatic rings. The smallest absolute Gasteiger partial charge is 0.126 e. The van der Waals surface area contributed by atoms with E-state index in [1.807, 2.05) is 23.6 Å². The highest BCUT2D eigenvalue weighted by atomic mass is 79.9. The molecule has 0 spiro atoms. The number of halogens is 2. The van der Waals surface area contributed by atoms with Crippen LogP contribution in [-0.2, 0) is 0 Å². The van der Waals surface area contributed by atoms with Gasteiger partial charge in [0.1, 0.15) is 11.9 Å². The molecule has 102 valence electrons. The highest BCUT2D eigenvalue weighted by Gasteiger charge is 2.17. The molecule has 0 fully saturated rings. The molecule has 0 aliphatic heterocycles. The average molecular weight is 351 g/mol. The van der Waals surface area contributed by atoms with Crippen LogP contribution in [0.1, 0.15) is 22.8 Å². The van der Waals surface area contributed by atoms with E-state index in [9.17, 15) is 9.50 Å². The summed E-state index contributed by atoms with van der Waals surface area (Å²) in [6.45, 7) is 1.71. The Morgan fingerprint density at radius 3 is 2.80 bits per heavy atom. The topological polar surface area (TPSA) is 20.2 Å². The molecule has 1 unspecified atom stereocenters. The fourth-order valence-electron chi connectivity index (χ4n) is 2.21. The lowest BCUT2D eigenvalue weighted by molar-refractivity contribution is 0.221. The van der Waals surface area contributed by atoms with Gasteiger partial charge in [0.25, 0.3) is 0 Å². The zero-order valence-corrected chi connectivity index (χ0v) is 13.1. The number of aliphatic hydroxyl groups is 1. The minimum absolute atomic E-state index is 0.290. The van der Waals surface area contributed by atoms with Crippen molar-refractivity contribution < 1.29 is 9.50 Å². The fourth-order valence-corrected chi connectivity index (χ4v) is 3.85. The Balaban J connectivity index is 2.10. The summed E-state index contributed by atoms with van der Waals surface area (Å²) in [5.41, 5.74) is 1.97. The van der Waals surface area contributed by atoms with Crippen molar-refractivity contribution >= 4 is 37.4 Å². The molecule has 0 bridgehead atoms. The maximum absolute atomic E-state index is 13.6. The van der Waals surface area contributed by atoms with Gasteiger partial charge in [0.05, 0.1) is 0 Å². The first-order valence-corrected chi connectivity index (χ1v) is 7.85. The number of rotatable bonds is 2.